The SMILES string of the molecule is O=C1CC(c2ccc(Br)cc2)C12CCC2. The van der Waals surface area contributed by atoms with E-state index in [1.165, 1.54) is 12.0 Å². The lowest BCUT2D eigenvalue weighted by atomic mass is 9.47. The number of carbonyl (C=O) groups is 1. The zero-order valence-electron chi connectivity index (χ0n) is 8.50. The summed E-state index contributed by atoms with van der Waals surface area (Å²) in [4.78, 5) is 11.7. The number of halogens is 1. The Labute approximate surface area is 98.0 Å². The van der Waals surface area contributed by atoms with Crippen LogP contribution >= 0.6 is 15.9 Å². The van der Waals surface area contributed by atoms with E-state index in [1.807, 2.05) is 0 Å². The molecule has 1 unspecified atom stereocenters. The average Bonchev–Trinajstić information content (AvgIpc) is 2.13. The Bertz CT molecular complexity index is 403. The van der Waals surface area contributed by atoms with Gasteiger partial charge < -0.3 is 0 Å². The van der Waals surface area contributed by atoms with Gasteiger partial charge in [-0.1, -0.05) is 34.5 Å². The van der Waals surface area contributed by atoms with Crippen molar-refractivity contribution in [1.29, 1.82) is 0 Å². The van der Waals surface area contributed by atoms with Crippen molar-refractivity contribution < 1.29 is 4.79 Å². The Balaban J connectivity index is 1.90. The summed E-state index contributed by atoms with van der Waals surface area (Å²) in [6.07, 6.45) is 4.24. The van der Waals surface area contributed by atoms with Crippen LogP contribution in [0.5, 0.6) is 0 Å². The molecule has 1 atom stereocenters. The van der Waals surface area contributed by atoms with Crippen LogP contribution in [-0.2, 0) is 4.79 Å². The van der Waals surface area contributed by atoms with Crippen LogP contribution in [0.25, 0.3) is 0 Å². The Morgan fingerprint density at radius 1 is 1.20 bits per heavy atom. The van der Waals surface area contributed by atoms with E-state index < -0.39 is 0 Å². The highest BCUT2D eigenvalue weighted by atomic mass is 79.9. The Hall–Kier alpha value is -0.630. The van der Waals surface area contributed by atoms with Crippen LogP contribution in [-0.4, -0.2) is 5.78 Å². The van der Waals surface area contributed by atoms with Crippen molar-refractivity contribution >= 4 is 21.7 Å². The fourth-order valence-corrected chi connectivity index (χ4v) is 3.23. The molecule has 0 bridgehead atoms. The van der Waals surface area contributed by atoms with Crippen LogP contribution < -0.4 is 0 Å². The van der Waals surface area contributed by atoms with E-state index in [9.17, 15) is 4.79 Å². The second-order valence-electron chi connectivity index (χ2n) is 4.74. The normalized spacial score (nSPS) is 27.3. The molecule has 2 aliphatic rings. The molecule has 1 spiro atoms. The Kier molecular flexibility index (Phi) is 2.03. The first-order valence-corrected chi connectivity index (χ1v) is 6.30. The highest BCUT2D eigenvalue weighted by Crippen LogP contribution is 2.61. The standard InChI is InChI=1S/C13H13BrO/c14-10-4-2-9(3-5-10)11-8-12(15)13(11)6-1-7-13/h2-5,11H,1,6-8H2. The second kappa shape index (κ2) is 3.18. The maximum Gasteiger partial charge on any atom is 0.140 e. The molecular formula is C13H13BrO. The molecule has 0 saturated heterocycles. The number of carbonyl (C=O) groups excluding carboxylic acids is 1. The molecule has 2 fully saturated rings. The zero-order valence-corrected chi connectivity index (χ0v) is 10.1. The fourth-order valence-electron chi connectivity index (χ4n) is 2.96. The van der Waals surface area contributed by atoms with Gasteiger partial charge in [-0.15, -0.1) is 0 Å². The third-order valence-corrected chi connectivity index (χ3v) is 4.66. The summed E-state index contributed by atoms with van der Waals surface area (Å²) in [6, 6.07) is 8.46. The minimum Gasteiger partial charge on any atom is -0.299 e. The molecule has 2 saturated carbocycles. The molecule has 1 aromatic rings. The molecule has 2 heteroatoms. The summed E-state index contributed by atoms with van der Waals surface area (Å²) >= 11 is 3.44. The summed E-state index contributed by atoms with van der Waals surface area (Å²) in [5, 5.41) is 0. The van der Waals surface area contributed by atoms with Gasteiger partial charge in [-0.05, 0) is 30.5 Å². The molecule has 0 radical (unpaired) electrons. The topological polar surface area (TPSA) is 17.1 Å². The summed E-state index contributed by atoms with van der Waals surface area (Å²) in [5.41, 5.74) is 1.41. The predicted molar refractivity (Wildman–Crippen MR) is 62.8 cm³/mol. The van der Waals surface area contributed by atoms with Crippen molar-refractivity contribution in [2.75, 3.05) is 0 Å². The lowest BCUT2D eigenvalue weighted by molar-refractivity contribution is -0.148. The molecule has 1 nitrogen and oxygen atoms in total. The van der Waals surface area contributed by atoms with E-state index in [0.29, 0.717) is 11.7 Å². The molecule has 3 rings (SSSR count). The molecular weight excluding hydrogens is 252 g/mol. The number of rotatable bonds is 1. The van der Waals surface area contributed by atoms with Crippen LogP contribution in [0.1, 0.15) is 37.2 Å². The smallest absolute Gasteiger partial charge is 0.140 e. The van der Waals surface area contributed by atoms with E-state index in [-0.39, 0.29) is 5.41 Å². The maximum atomic E-state index is 11.7. The molecule has 15 heavy (non-hydrogen) atoms. The number of hydrogen-bond acceptors (Lipinski definition) is 1. The number of benzene rings is 1. The van der Waals surface area contributed by atoms with Crippen molar-refractivity contribution in [2.45, 2.75) is 31.6 Å². The molecule has 2 aliphatic carbocycles. The van der Waals surface area contributed by atoms with Gasteiger partial charge in [0, 0.05) is 22.2 Å². The van der Waals surface area contributed by atoms with Crippen molar-refractivity contribution in [2.24, 2.45) is 5.41 Å². The fraction of sp³-hybridized carbons (Fsp3) is 0.462. The number of ketones is 1. The summed E-state index contributed by atoms with van der Waals surface area (Å²) in [5.74, 6) is 1.01. The summed E-state index contributed by atoms with van der Waals surface area (Å²) in [6.45, 7) is 0. The quantitative estimate of drug-likeness (QED) is 0.757. The minimum atomic E-state index is 0.0633. The predicted octanol–water partition coefficient (Wildman–Crippen LogP) is 3.68. The van der Waals surface area contributed by atoms with Gasteiger partial charge in [0.25, 0.3) is 0 Å². The monoisotopic (exact) mass is 264 g/mol. The average molecular weight is 265 g/mol. The molecule has 0 aliphatic heterocycles. The van der Waals surface area contributed by atoms with Gasteiger partial charge in [0.2, 0.25) is 0 Å². The first kappa shape index (κ1) is 9.59. The minimum absolute atomic E-state index is 0.0633. The zero-order chi connectivity index (χ0) is 10.5. The van der Waals surface area contributed by atoms with Gasteiger partial charge >= 0.3 is 0 Å². The first-order chi connectivity index (χ1) is 7.22. The van der Waals surface area contributed by atoms with Crippen molar-refractivity contribution in [3.63, 3.8) is 0 Å². The van der Waals surface area contributed by atoms with E-state index in [2.05, 4.69) is 40.2 Å². The van der Waals surface area contributed by atoms with Gasteiger partial charge in [0.1, 0.15) is 5.78 Å². The van der Waals surface area contributed by atoms with Crippen LogP contribution in [0.15, 0.2) is 28.7 Å². The second-order valence-corrected chi connectivity index (χ2v) is 5.66. The lowest BCUT2D eigenvalue weighted by Crippen LogP contribution is -2.52. The van der Waals surface area contributed by atoms with Gasteiger partial charge in [-0.2, -0.15) is 0 Å². The van der Waals surface area contributed by atoms with E-state index >= 15 is 0 Å². The highest BCUT2D eigenvalue weighted by molar-refractivity contribution is 9.10. The summed E-state index contributed by atoms with van der Waals surface area (Å²) in [7, 11) is 0. The maximum absolute atomic E-state index is 11.7. The number of Topliss-reactive ketones (excluding diaryl/α,β-unsaturated/α-hetero) is 1. The largest absolute Gasteiger partial charge is 0.299 e. The first-order valence-electron chi connectivity index (χ1n) is 5.51. The van der Waals surface area contributed by atoms with E-state index in [4.69, 9.17) is 0 Å². The van der Waals surface area contributed by atoms with Crippen molar-refractivity contribution in [3.05, 3.63) is 34.3 Å². The van der Waals surface area contributed by atoms with Gasteiger partial charge in [-0.3, -0.25) is 4.79 Å². The van der Waals surface area contributed by atoms with E-state index in [0.717, 1.165) is 23.7 Å². The summed E-state index contributed by atoms with van der Waals surface area (Å²) < 4.78 is 1.11. The van der Waals surface area contributed by atoms with Crippen molar-refractivity contribution in [3.8, 4) is 0 Å². The van der Waals surface area contributed by atoms with Crippen LogP contribution in [0.3, 0.4) is 0 Å². The molecule has 0 amide bonds. The van der Waals surface area contributed by atoms with Crippen molar-refractivity contribution in [1.82, 2.24) is 0 Å². The highest BCUT2D eigenvalue weighted by Gasteiger charge is 2.58. The van der Waals surface area contributed by atoms with Crippen LogP contribution in [0.2, 0.25) is 0 Å². The van der Waals surface area contributed by atoms with Gasteiger partial charge in [-0.25, -0.2) is 0 Å². The molecule has 1 aromatic carbocycles. The molecule has 78 valence electrons. The number of hydrogen-bond donors (Lipinski definition) is 0. The molecule has 0 aromatic heterocycles. The van der Waals surface area contributed by atoms with Gasteiger partial charge in [0.15, 0.2) is 0 Å². The third kappa shape index (κ3) is 1.24. The lowest BCUT2D eigenvalue weighted by Gasteiger charge is -2.54. The third-order valence-electron chi connectivity index (χ3n) is 4.13. The Morgan fingerprint density at radius 3 is 2.33 bits per heavy atom. The van der Waals surface area contributed by atoms with E-state index in [1.54, 1.807) is 0 Å². The molecule has 0 N–H and O–H groups in total. The molecule has 0 heterocycles. The van der Waals surface area contributed by atoms with Crippen LogP contribution in [0.4, 0.5) is 0 Å². The van der Waals surface area contributed by atoms with Gasteiger partial charge in [0.05, 0.1) is 0 Å². The van der Waals surface area contributed by atoms with Crippen LogP contribution in [0, 0.1) is 5.41 Å². The Morgan fingerprint density at radius 2 is 1.87 bits per heavy atom.